The zero-order valence-electron chi connectivity index (χ0n) is 29.5. The molecule has 0 fully saturated rings. The van der Waals surface area contributed by atoms with Crippen molar-refractivity contribution in [2.75, 3.05) is 10.6 Å². The molecule has 0 aliphatic rings. The van der Waals surface area contributed by atoms with E-state index in [9.17, 15) is 19.8 Å². The van der Waals surface area contributed by atoms with Crippen molar-refractivity contribution in [1.82, 2.24) is 30.0 Å². The summed E-state index contributed by atoms with van der Waals surface area (Å²) in [5, 5.41) is 44.2. The first kappa shape index (κ1) is 34.4. The predicted molar refractivity (Wildman–Crippen MR) is 206 cm³/mol. The second kappa shape index (κ2) is 14.4. The molecule has 2 heterocycles. The number of rotatable bonds is 8. The fraction of sp³-hybridized carbons (Fsp3) is 0.0732. The number of nitrogens with zero attached hydrogens (tertiary/aromatic N) is 6. The molecule has 0 bridgehead atoms. The lowest BCUT2D eigenvalue weighted by molar-refractivity contribution is 0.214. The molecule has 6 aromatic carbocycles. The van der Waals surface area contributed by atoms with Crippen LogP contribution in [-0.2, 0) is 6.42 Å². The molecule has 2 amide bonds. The van der Waals surface area contributed by atoms with E-state index < -0.39 is 12.2 Å². The van der Waals surface area contributed by atoms with Crippen LogP contribution in [-0.4, -0.2) is 52.4 Å². The average molecular weight is 733 g/mol. The van der Waals surface area contributed by atoms with E-state index in [4.69, 9.17) is 9.47 Å². The highest BCUT2D eigenvalue weighted by Gasteiger charge is 2.15. The van der Waals surface area contributed by atoms with Crippen LogP contribution in [0.15, 0.2) is 121 Å². The first-order chi connectivity index (χ1) is 26.6. The Hall–Kier alpha value is -7.74. The summed E-state index contributed by atoms with van der Waals surface area (Å²) in [7, 11) is 0. The van der Waals surface area contributed by atoms with Gasteiger partial charge in [0.1, 0.15) is 56.4 Å². The van der Waals surface area contributed by atoms with Crippen molar-refractivity contribution >= 4 is 45.6 Å². The molecule has 4 N–H and O–H groups in total. The number of benzene rings is 6. The maximum absolute atomic E-state index is 12.6. The van der Waals surface area contributed by atoms with Crippen LogP contribution in [0, 0.1) is 13.8 Å². The van der Waals surface area contributed by atoms with Gasteiger partial charge in [-0.2, -0.15) is 0 Å². The predicted octanol–water partition coefficient (Wildman–Crippen LogP) is 8.00. The number of hydrogen-bond donors (Lipinski definition) is 4. The van der Waals surface area contributed by atoms with E-state index in [1.54, 1.807) is 48.5 Å². The number of ether oxygens (including phenoxy) is 2. The van der Waals surface area contributed by atoms with Crippen molar-refractivity contribution in [2.45, 2.75) is 20.3 Å². The fourth-order valence-corrected chi connectivity index (χ4v) is 5.88. The van der Waals surface area contributed by atoms with Gasteiger partial charge in [-0.15, -0.1) is 30.0 Å². The van der Waals surface area contributed by atoms with E-state index in [1.165, 1.54) is 21.7 Å². The van der Waals surface area contributed by atoms with Gasteiger partial charge in [-0.3, -0.25) is 10.6 Å². The molecule has 8 rings (SSSR count). The van der Waals surface area contributed by atoms with Gasteiger partial charge < -0.3 is 19.7 Å². The van der Waals surface area contributed by atoms with Crippen LogP contribution in [0.4, 0.5) is 21.0 Å². The summed E-state index contributed by atoms with van der Waals surface area (Å²) in [6, 6.07) is 34.9. The van der Waals surface area contributed by atoms with Crippen molar-refractivity contribution in [3.05, 3.63) is 144 Å². The van der Waals surface area contributed by atoms with Crippen molar-refractivity contribution in [2.24, 2.45) is 0 Å². The van der Waals surface area contributed by atoms with Crippen LogP contribution in [0.3, 0.4) is 0 Å². The first-order valence-electron chi connectivity index (χ1n) is 17.1. The highest BCUT2D eigenvalue weighted by Crippen LogP contribution is 2.29. The van der Waals surface area contributed by atoms with Gasteiger partial charge in [0, 0.05) is 23.5 Å². The van der Waals surface area contributed by atoms with Crippen LogP contribution < -0.4 is 20.1 Å². The summed E-state index contributed by atoms with van der Waals surface area (Å²) < 4.78 is 10.8. The number of hydrogen-bond acceptors (Lipinski definition) is 10. The molecule has 14 nitrogen and oxygen atoms in total. The number of aromatic nitrogens is 6. The minimum Gasteiger partial charge on any atom is -0.505 e. The van der Waals surface area contributed by atoms with Gasteiger partial charge in [0.05, 0.1) is 0 Å². The molecule has 0 unspecified atom stereocenters. The van der Waals surface area contributed by atoms with Gasteiger partial charge in [-0.05, 0) is 115 Å². The van der Waals surface area contributed by atoms with E-state index in [2.05, 4.69) is 31.0 Å². The number of carbonyl (C=O) groups is 2. The Bertz CT molecular complexity index is 2540. The molecular weight excluding hydrogens is 701 g/mol. The highest BCUT2D eigenvalue weighted by atomic mass is 16.6. The zero-order valence-corrected chi connectivity index (χ0v) is 29.5. The molecule has 0 saturated heterocycles. The number of phenols is 2. The average Bonchev–Trinajstić information content (AvgIpc) is 3.77. The Morgan fingerprint density at radius 2 is 0.927 bits per heavy atom. The third-order valence-corrected chi connectivity index (χ3v) is 8.63. The lowest BCUT2D eigenvalue weighted by Crippen LogP contribution is -2.16. The van der Waals surface area contributed by atoms with Gasteiger partial charge in [0.2, 0.25) is 0 Å². The number of phenolic OH excluding ortho intramolecular Hbond substituents is 2. The molecule has 55 heavy (non-hydrogen) atoms. The second-order valence-electron chi connectivity index (χ2n) is 12.9. The SMILES string of the molecule is Cc1ccc2nn(-c3ccc(OC(=O)Nc4ccc(Cc5ccc(NC(=O)Oc6ccc(-n7nc8ccc(C)cc8n7)c(O)c6)cc5)cc4)cc3O)nc2c1. The van der Waals surface area contributed by atoms with Gasteiger partial charge >= 0.3 is 12.2 Å². The zero-order chi connectivity index (χ0) is 38.1. The normalized spacial score (nSPS) is 11.1. The van der Waals surface area contributed by atoms with Crippen LogP contribution in [0.1, 0.15) is 22.3 Å². The molecule has 8 aromatic rings. The van der Waals surface area contributed by atoms with Gasteiger partial charge in [0.15, 0.2) is 0 Å². The highest BCUT2D eigenvalue weighted by molar-refractivity contribution is 5.87. The summed E-state index contributed by atoms with van der Waals surface area (Å²) in [6.45, 7) is 3.93. The Morgan fingerprint density at radius 3 is 1.33 bits per heavy atom. The van der Waals surface area contributed by atoms with Crippen molar-refractivity contribution in [3.63, 3.8) is 0 Å². The van der Waals surface area contributed by atoms with E-state index in [1.807, 2.05) is 74.5 Å². The van der Waals surface area contributed by atoms with Crippen LogP contribution in [0.2, 0.25) is 0 Å². The molecule has 0 radical (unpaired) electrons. The maximum Gasteiger partial charge on any atom is 0.417 e. The molecule has 14 heteroatoms. The number of aromatic hydroxyl groups is 2. The Morgan fingerprint density at radius 1 is 0.527 bits per heavy atom. The van der Waals surface area contributed by atoms with Crippen molar-refractivity contribution < 1.29 is 29.3 Å². The van der Waals surface area contributed by atoms with Gasteiger partial charge in [-0.25, -0.2) is 9.59 Å². The van der Waals surface area contributed by atoms with Gasteiger partial charge in [-0.1, -0.05) is 36.4 Å². The van der Waals surface area contributed by atoms with E-state index in [-0.39, 0.29) is 23.0 Å². The minimum atomic E-state index is -0.718. The summed E-state index contributed by atoms with van der Waals surface area (Å²) >= 11 is 0. The summed E-state index contributed by atoms with van der Waals surface area (Å²) in [4.78, 5) is 27.9. The van der Waals surface area contributed by atoms with Gasteiger partial charge in [0.25, 0.3) is 0 Å². The maximum atomic E-state index is 12.6. The summed E-state index contributed by atoms with van der Waals surface area (Å²) in [6.07, 6.45) is -0.832. The molecule has 0 atom stereocenters. The molecule has 0 aliphatic carbocycles. The third-order valence-electron chi connectivity index (χ3n) is 8.63. The standard InChI is InChI=1S/C41H32N8O6/c1-24-3-15-32-34(19-24)46-48(44-32)36-17-13-30(22-38(36)50)54-40(52)42-28-9-5-26(6-10-28)21-27-7-11-29(12-8-27)43-41(53)55-31-14-18-37(39(51)23-31)49-45-33-16-4-25(2)20-35(33)47-49/h3-20,22-23,50-51H,21H2,1-2H3,(H,42,52)(H,43,53). The van der Waals surface area contributed by atoms with Crippen molar-refractivity contribution in [3.8, 4) is 34.4 Å². The second-order valence-corrected chi connectivity index (χ2v) is 12.9. The summed E-state index contributed by atoms with van der Waals surface area (Å²) in [5.74, 6) is 0.00383. The molecule has 272 valence electrons. The fourth-order valence-electron chi connectivity index (χ4n) is 5.88. The number of carbonyl (C=O) groups excluding carboxylic acids is 2. The van der Waals surface area contributed by atoms with E-state index >= 15 is 0 Å². The number of nitrogens with one attached hydrogen (secondary N) is 2. The monoisotopic (exact) mass is 732 g/mol. The first-order valence-corrected chi connectivity index (χ1v) is 17.1. The molecule has 0 aliphatic heterocycles. The number of fused-ring (bicyclic) bond motifs is 2. The van der Waals surface area contributed by atoms with Crippen molar-refractivity contribution in [1.29, 1.82) is 0 Å². The number of anilines is 2. The molecule has 2 aromatic heterocycles. The lowest BCUT2D eigenvalue weighted by Gasteiger charge is -2.10. The number of aryl methyl sites for hydroxylation is 2. The molecular formula is C41H32N8O6. The topological polar surface area (TPSA) is 179 Å². The smallest absolute Gasteiger partial charge is 0.417 e. The van der Waals surface area contributed by atoms with E-state index in [0.717, 1.165) is 22.3 Å². The lowest BCUT2D eigenvalue weighted by atomic mass is 10.0. The van der Waals surface area contributed by atoms with Crippen LogP contribution in [0.25, 0.3) is 33.4 Å². The van der Waals surface area contributed by atoms with Crippen LogP contribution >= 0.6 is 0 Å². The Labute approximate surface area is 313 Å². The Kier molecular flexibility index (Phi) is 8.96. The third kappa shape index (κ3) is 7.73. The molecule has 0 saturated carbocycles. The number of amides is 2. The summed E-state index contributed by atoms with van der Waals surface area (Å²) in [5.41, 5.74) is 8.62. The van der Waals surface area contributed by atoms with Crippen LogP contribution in [0.5, 0.6) is 23.0 Å². The Balaban J connectivity index is 0.817. The van der Waals surface area contributed by atoms with E-state index in [0.29, 0.717) is 51.2 Å². The largest absolute Gasteiger partial charge is 0.505 e. The quantitative estimate of drug-likeness (QED) is 0.120. The minimum absolute atomic E-state index is 0.146. The molecule has 0 spiro atoms.